The molecule has 2 N–H and O–H groups in total. The van der Waals surface area contributed by atoms with Gasteiger partial charge in [-0.3, -0.25) is 0 Å². The number of amides is 2. The third-order valence-electron chi connectivity index (χ3n) is 4.55. The van der Waals surface area contributed by atoms with E-state index in [0.29, 0.717) is 19.4 Å². The monoisotopic (exact) mass is 322 g/mol. The second kappa shape index (κ2) is 8.04. The minimum Gasteiger partial charge on any atom is -0.378 e. The van der Waals surface area contributed by atoms with Crippen molar-refractivity contribution in [3.63, 3.8) is 0 Å². The summed E-state index contributed by atoms with van der Waals surface area (Å²) in [6.45, 7) is 1.33. The van der Waals surface area contributed by atoms with Crippen LogP contribution in [0.15, 0.2) is 0 Å². The minimum atomic E-state index is -4.10. The summed E-state index contributed by atoms with van der Waals surface area (Å²) < 4.78 is 43.3. The number of ether oxygens (including phenoxy) is 1. The highest BCUT2D eigenvalue weighted by atomic mass is 19.4. The van der Waals surface area contributed by atoms with Gasteiger partial charge < -0.3 is 15.4 Å². The summed E-state index contributed by atoms with van der Waals surface area (Å²) >= 11 is 0. The van der Waals surface area contributed by atoms with Crippen molar-refractivity contribution in [3.8, 4) is 0 Å². The highest BCUT2D eigenvalue weighted by Crippen LogP contribution is 2.37. The number of hydrogen-bond acceptors (Lipinski definition) is 2. The van der Waals surface area contributed by atoms with Crippen LogP contribution in [0.2, 0.25) is 0 Å². The van der Waals surface area contributed by atoms with E-state index in [0.717, 1.165) is 25.9 Å². The Morgan fingerprint density at radius 2 is 1.82 bits per heavy atom. The zero-order valence-electron chi connectivity index (χ0n) is 12.8. The molecule has 1 heterocycles. The van der Waals surface area contributed by atoms with Gasteiger partial charge in [-0.25, -0.2) is 4.79 Å². The quantitative estimate of drug-likeness (QED) is 0.834. The molecule has 1 atom stereocenters. The van der Waals surface area contributed by atoms with E-state index in [1.165, 1.54) is 6.42 Å². The lowest BCUT2D eigenvalue weighted by Crippen LogP contribution is -2.45. The Kier molecular flexibility index (Phi) is 6.35. The predicted octanol–water partition coefficient (Wildman–Crippen LogP) is 3.37. The fraction of sp³-hybridized carbons (Fsp3) is 0.933. The first-order valence-corrected chi connectivity index (χ1v) is 8.18. The van der Waals surface area contributed by atoms with Crippen molar-refractivity contribution < 1.29 is 22.7 Å². The lowest BCUT2D eigenvalue weighted by atomic mass is 9.86. The molecular formula is C15H25F3N2O2. The fourth-order valence-corrected chi connectivity index (χ4v) is 3.18. The van der Waals surface area contributed by atoms with E-state index in [4.69, 9.17) is 4.74 Å². The van der Waals surface area contributed by atoms with Crippen molar-refractivity contribution in [2.75, 3.05) is 13.2 Å². The number of carbonyl (C=O) groups is 1. The molecule has 0 spiro atoms. The van der Waals surface area contributed by atoms with E-state index >= 15 is 0 Å². The van der Waals surface area contributed by atoms with Gasteiger partial charge in [0.25, 0.3) is 0 Å². The molecule has 2 rings (SSSR count). The zero-order valence-corrected chi connectivity index (χ0v) is 12.8. The Bertz CT molecular complexity index is 349. The standard InChI is InChI=1S/C15H25F3N2O2/c16-15(17,18)11-4-6-12(7-5-11)20-14(21)19-9-8-13-3-1-2-10-22-13/h11-13H,1-10H2,(H2,19,20,21). The topological polar surface area (TPSA) is 50.4 Å². The van der Waals surface area contributed by atoms with Gasteiger partial charge in [-0.2, -0.15) is 13.2 Å². The molecule has 1 unspecified atom stereocenters. The van der Waals surface area contributed by atoms with Gasteiger partial charge in [-0.15, -0.1) is 0 Å². The van der Waals surface area contributed by atoms with Crippen LogP contribution in [0.1, 0.15) is 51.4 Å². The first-order chi connectivity index (χ1) is 10.4. The van der Waals surface area contributed by atoms with Gasteiger partial charge in [0.15, 0.2) is 0 Å². The number of nitrogens with one attached hydrogen (secondary N) is 2. The largest absolute Gasteiger partial charge is 0.391 e. The summed E-state index contributed by atoms with van der Waals surface area (Å²) in [6, 6.07) is -0.434. The average molecular weight is 322 g/mol. The maximum Gasteiger partial charge on any atom is 0.391 e. The summed E-state index contributed by atoms with van der Waals surface area (Å²) in [7, 11) is 0. The molecule has 1 aliphatic heterocycles. The molecule has 22 heavy (non-hydrogen) atoms. The number of urea groups is 1. The Morgan fingerprint density at radius 3 is 2.41 bits per heavy atom. The molecule has 0 bridgehead atoms. The van der Waals surface area contributed by atoms with E-state index in [2.05, 4.69) is 10.6 Å². The number of alkyl halides is 3. The number of carbonyl (C=O) groups excluding carboxylic acids is 1. The molecule has 4 nitrogen and oxygen atoms in total. The molecule has 0 aromatic carbocycles. The summed E-state index contributed by atoms with van der Waals surface area (Å²) in [6.07, 6.45) is 1.19. The first-order valence-electron chi connectivity index (χ1n) is 8.18. The SMILES string of the molecule is O=C(NCCC1CCCCO1)NC1CCC(C(F)(F)F)CC1. The minimum absolute atomic E-state index is 0.102. The molecule has 1 aliphatic carbocycles. The summed E-state index contributed by atoms with van der Waals surface area (Å²) in [5.74, 6) is -1.21. The van der Waals surface area contributed by atoms with Gasteiger partial charge in [0.1, 0.15) is 0 Å². The molecule has 1 saturated heterocycles. The van der Waals surface area contributed by atoms with Crippen molar-refractivity contribution in [3.05, 3.63) is 0 Å². The molecular weight excluding hydrogens is 297 g/mol. The molecule has 1 saturated carbocycles. The van der Waals surface area contributed by atoms with Crippen LogP contribution in [0.25, 0.3) is 0 Å². The number of rotatable bonds is 4. The second-order valence-electron chi connectivity index (χ2n) is 6.27. The van der Waals surface area contributed by atoms with Gasteiger partial charge >= 0.3 is 12.2 Å². The van der Waals surface area contributed by atoms with Crippen LogP contribution in [-0.4, -0.2) is 37.5 Å². The van der Waals surface area contributed by atoms with Crippen LogP contribution < -0.4 is 10.6 Å². The van der Waals surface area contributed by atoms with E-state index in [1.54, 1.807) is 0 Å². The molecule has 0 aromatic rings. The summed E-state index contributed by atoms with van der Waals surface area (Å²) in [5, 5.41) is 5.54. The molecule has 0 aromatic heterocycles. The number of hydrogen-bond donors (Lipinski definition) is 2. The van der Waals surface area contributed by atoms with Crippen molar-refractivity contribution in [1.82, 2.24) is 10.6 Å². The average Bonchev–Trinajstić information content (AvgIpc) is 2.48. The van der Waals surface area contributed by atoms with Crippen LogP contribution >= 0.6 is 0 Å². The highest BCUT2D eigenvalue weighted by molar-refractivity contribution is 5.74. The zero-order chi connectivity index (χ0) is 16.0. The summed E-state index contributed by atoms with van der Waals surface area (Å²) in [4.78, 5) is 11.7. The Hall–Kier alpha value is -0.980. The Morgan fingerprint density at radius 1 is 1.09 bits per heavy atom. The lowest BCUT2D eigenvalue weighted by molar-refractivity contribution is -0.182. The van der Waals surface area contributed by atoms with Crippen LogP contribution in [0.3, 0.4) is 0 Å². The smallest absolute Gasteiger partial charge is 0.378 e. The molecule has 128 valence electrons. The Balaban J connectivity index is 1.57. The van der Waals surface area contributed by atoms with Crippen LogP contribution in [0.4, 0.5) is 18.0 Å². The van der Waals surface area contributed by atoms with E-state index < -0.39 is 12.1 Å². The third kappa shape index (κ3) is 5.66. The maximum absolute atomic E-state index is 12.6. The van der Waals surface area contributed by atoms with E-state index in [-0.39, 0.29) is 31.0 Å². The van der Waals surface area contributed by atoms with Gasteiger partial charge in [0.05, 0.1) is 12.0 Å². The molecule has 2 aliphatic rings. The molecule has 2 fully saturated rings. The molecule has 0 radical (unpaired) electrons. The molecule has 7 heteroatoms. The van der Waals surface area contributed by atoms with Gasteiger partial charge in [0.2, 0.25) is 0 Å². The van der Waals surface area contributed by atoms with Crippen molar-refractivity contribution in [2.24, 2.45) is 5.92 Å². The van der Waals surface area contributed by atoms with E-state index in [9.17, 15) is 18.0 Å². The fourth-order valence-electron chi connectivity index (χ4n) is 3.18. The van der Waals surface area contributed by atoms with Crippen LogP contribution in [0, 0.1) is 5.92 Å². The van der Waals surface area contributed by atoms with Crippen molar-refractivity contribution >= 4 is 6.03 Å². The normalized spacial score (nSPS) is 29.9. The van der Waals surface area contributed by atoms with Crippen molar-refractivity contribution in [1.29, 1.82) is 0 Å². The van der Waals surface area contributed by atoms with Crippen LogP contribution in [-0.2, 0) is 4.74 Å². The predicted molar refractivity (Wildman–Crippen MR) is 76.5 cm³/mol. The second-order valence-corrected chi connectivity index (χ2v) is 6.27. The van der Waals surface area contributed by atoms with Crippen LogP contribution in [0.5, 0.6) is 0 Å². The van der Waals surface area contributed by atoms with Gasteiger partial charge in [-0.05, 0) is 51.4 Å². The van der Waals surface area contributed by atoms with E-state index in [1.807, 2.05) is 0 Å². The Labute approximate surface area is 129 Å². The lowest BCUT2D eigenvalue weighted by Gasteiger charge is -2.30. The third-order valence-corrected chi connectivity index (χ3v) is 4.55. The first kappa shape index (κ1) is 17.4. The highest BCUT2D eigenvalue weighted by Gasteiger charge is 2.41. The summed E-state index contributed by atoms with van der Waals surface area (Å²) in [5.41, 5.74) is 0. The van der Waals surface area contributed by atoms with Crippen molar-refractivity contribution in [2.45, 2.75) is 69.7 Å². The molecule has 2 amide bonds. The number of halogens is 3. The van der Waals surface area contributed by atoms with Gasteiger partial charge in [-0.1, -0.05) is 0 Å². The maximum atomic E-state index is 12.6. The van der Waals surface area contributed by atoms with Gasteiger partial charge in [0, 0.05) is 19.2 Å².